The van der Waals surface area contributed by atoms with Crippen LogP contribution in [0, 0.1) is 0 Å². The smallest absolute Gasteiger partial charge is 0 e. The molecule has 0 saturated heterocycles. The van der Waals surface area contributed by atoms with Crippen molar-refractivity contribution in [2.24, 2.45) is 0 Å². The van der Waals surface area contributed by atoms with E-state index in [1.54, 1.807) is 0 Å². The molecule has 0 fully saturated rings. The van der Waals surface area contributed by atoms with Crippen molar-refractivity contribution in [3.63, 3.8) is 0 Å². The van der Waals surface area contributed by atoms with Crippen molar-refractivity contribution >= 4 is 22.5 Å². The Labute approximate surface area is 29.4 Å². The molecule has 0 nitrogen and oxygen atoms in total. The van der Waals surface area contributed by atoms with E-state index in [4.69, 9.17) is 0 Å². The molecule has 0 aliphatic heterocycles. The van der Waals surface area contributed by atoms with Crippen molar-refractivity contribution in [1.29, 1.82) is 0 Å². The zero-order valence-electron chi connectivity index (χ0n) is 2.13. The third-order valence-corrected chi connectivity index (χ3v) is 0. The first-order chi connectivity index (χ1) is 1.41. The summed E-state index contributed by atoms with van der Waals surface area (Å²) in [7, 11) is 1.44. The van der Waals surface area contributed by atoms with Crippen molar-refractivity contribution in [3.05, 3.63) is 0 Å². The van der Waals surface area contributed by atoms with Crippen LogP contribution < -0.4 is 0 Å². The molecule has 0 atom stereocenters. The third-order valence-electron chi connectivity index (χ3n) is 0. The first-order valence-corrected chi connectivity index (χ1v) is 2.87. The summed E-state index contributed by atoms with van der Waals surface area (Å²) in [5.41, 5.74) is 0. The van der Waals surface area contributed by atoms with Gasteiger partial charge in [-0.3, -0.25) is 0 Å². The predicted octanol–water partition coefficient (Wildman–Crippen LogP) is 1.19. The first kappa shape index (κ1) is 9.33. The molecular formula is CH4MdS2. The van der Waals surface area contributed by atoms with Crippen LogP contribution in [0.25, 0.3) is 0 Å². The van der Waals surface area contributed by atoms with Crippen LogP contribution in [0.2, 0.25) is 0 Å². The van der Waals surface area contributed by atoms with Crippen LogP contribution in [-0.4, -0.2) is 6.26 Å². The fraction of sp³-hybridized carbons (Fsp3) is 1.00. The number of hydrogen-bond donors (Lipinski definition) is 1. The van der Waals surface area contributed by atoms with E-state index in [0.29, 0.717) is 0 Å². The SMILES string of the molecule is CSS.[Md]. The molecule has 0 unspecified atom stereocenters. The molecule has 3 heteroatoms. The van der Waals surface area contributed by atoms with Crippen LogP contribution in [0.1, 0.15) is 0 Å². The van der Waals surface area contributed by atoms with Crippen LogP contribution in [0.4, 0.5) is 0 Å². The summed E-state index contributed by atoms with van der Waals surface area (Å²) in [4.78, 5) is 0. The van der Waals surface area contributed by atoms with Crippen molar-refractivity contribution in [3.8, 4) is 0 Å². The van der Waals surface area contributed by atoms with Gasteiger partial charge in [-0.1, -0.05) is 0 Å². The minimum atomic E-state index is 0. The van der Waals surface area contributed by atoms with Gasteiger partial charge in [-0.25, -0.2) is 0 Å². The second-order valence-electron chi connectivity index (χ2n) is 0.183. The average Bonchev–Trinajstić information content (AvgIpc) is 0.918. The maximum Gasteiger partial charge on any atom is 0 e. The molecule has 0 amide bonds. The van der Waals surface area contributed by atoms with Crippen LogP contribution in [0.3, 0.4) is 0 Å². The van der Waals surface area contributed by atoms with Crippen LogP contribution >= 0.6 is 22.5 Å². The van der Waals surface area contributed by atoms with Crippen LogP contribution in [-0.2, 0) is 0 Å². The second-order valence-corrected chi connectivity index (χ2v) is 1.64. The molecule has 33 valence electrons. The maximum absolute atomic E-state index is 3.71. The quantitative estimate of drug-likeness (QED) is 0.512. The van der Waals surface area contributed by atoms with Crippen LogP contribution in [0.5, 0.6) is 0 Å². The molecule has 0 heterocycles. The minimum absolute atomic E-state index is 0. The molecule has 4 heavy (non-hydrogen) atoms. The van der Waals surface area contributed by atoms with E-state index < -0.39 is 0 Å². The Balaban J connectivity index is 0. The Morgan fingerprint density at radius 1 is 1.75 bits per heavy atom. The van der Waals surface area contributed by atoms with Gasteiger partial charge in [-0.05, 0) is 6.26 Å². The average molecular weight is 338 g/mol. The molecule has 0 aromatic carbocycles. The Kier molecular flexibility index (Phi) is 37.2. The van der Waals surface area contributed by atoms with E-state index in [1.165, 1.54) is 10.8 Å². The van der Waals surface area contributed by atoms with Gasteiger partial charge >= 0.3 is 0 Å². The van der Waals surface area contributed by atoms with E-state index in [2.05, 4.69) is 11.7 Å². The van der Waals surface area contributed by atoms with Gasteiger partial charge in [0, 0.05) is 0 Å². The Morgan fingerprint density at radius 2 is 1.75 bits per heavy atom. The summed E-state index contributed by atoms with van der Waals surface area (Å²) in [5.74, 6) is 0. The standard InChI is InChI=1S/CH4S2.Md/c1-3-2;/h2H,1H3;. The van der Waals surface area contributed by atoms with Gasteiger partial charge in [0.2, 0.25) is 0 Å². The van der Waals surface area contributed by atoms with Crippen molar-refractivity contribution < 1.29 is 0 Å². The zero-order chi connectivity index (χ0) is 2.71. The molecule has 0 aromatic rings. The molecule has 0 saturated carbocycles. The van der Waals surface area contributed by atoms with E-state index in [9.17, 15) is 0 Å². The van der Waals surface area contributed by atoms with Gasteiger partial charge in [0.15, 0.2) is 0 Å². The fourth-order valence-corrected chi connectivity index (χ4v) is 0. The molecular weight excluding hydrogens is 334 g/mol. The normalized spacial score (nSPS) is 4.50. The fourth-order valence-electron chi connectivity index (χ4n) is 0. The largest absolute Gasteiger partial charge is 0.112 e. The number of hydrogen-bond acceptors (Lipinski definition) is 2. The van der Waals surface area contributed by atoms with Gasteiger partial charge in [-0.15, -0.1) is 22.5 Å². The first-order valence-electron chi connectivity index (χ1n) is 0.591. The summed E-state index contributed by atoms with van der Waals surface area (Å²) in [6, 6.07) is 0. The summed E-state index contributed by atoms with van der Waals surface area (Å²) in [6.07, 6.45) is 1.91. The topological polar surface area (TPSA) is 0 Å². The molecule has 0 aliphatic rings. The van der Waals surface area contributed by atoms with Gasteiger partial charge in [-0.2, -0.15) is 0 Å². The van der Waals surface area contributed by atoms with Crippen LogP contribution in [0.15, 0.2) is 0 Å². The summed E-state index contributed by atoms with van der Waals surface area (Å²) < 4.78 is 0. The van der Waals surface area contributed by atoms with E-state index in [1.807, 2.05) is 6.26 Å². The molecule has 0 aliphatic carbocycles. The summed E-state index contributed by atoms with van der Waals surface area (Å²) >= 11 is 3.71. The third kappa shape index (κ3) is 9.26. The van der Waals surface area contributed by atoms with E-state index in [0.717, 1.165) is 0 Å². The molecule has 1 radical (unpaired) electrons. The summed E-state index contributed by atoms with van der Waals surface area (Å²) in [5, 5.41) is 0. The number of rotatable bonds is 0. The Bertz CT molecular complexity index is 6.00. The van der Waals surface area contributed by atoms with E-state index >= 15 is 0 Å². The maximum atomic E-state index is 3.71. The minimum Gasteiger partial charge on any atom is -0.112 e. The van der Waals surface area contributed by atoms with Crippen molar-refractivity contribution in [2.75, 3.05) is 6.26 Å². The van der Waals surface area contributed by atoms with E-state index in [-0.39, 0.29) is 0 Å². The van der Waals surface area contributed by atoms with Crippen molar-refractivity contribution in [2.45, 2.75) is 0 Å². The molecule has 0 rings (SSSR count). The predicted molar refractivity (Wildman–Crippen MR) is 22.5 cm³/mol. The van der Waals surface area contributed by atoms with Crippen molar-refractivity contribution in [1.82, 2.24) is 0 Å². The Hall–Kier alpha value is -0.300. The number of thiol groups is 1. The van der Waals surface area contributed by atoms with Gasteiger partial charge in [0.25, 0.3) is 0 Å². The van der Waals surface area contributed by atoms with Gasteiger partial charge in [0.1, 0.15) is 0 Å². The monoisotopic (exact) mass is 338 g/mol. The Morgan fingerprint density at radius 3 is 1.75 bits per heavy atom. The molecule has 0 aromatic heterocycles. The second kappa shape index (κ2) is 15.9. The molecule has 0 bridgehead atoms. The molecule has 0 spiro atoms. The zero-order valence-corrected chi connectivity index (χ0v) is 6.15. The molecule has 0 N–H and O–H groups in total. The van der Waals surface area contributed by atoms with Gasteiger partial charge < -0.3 is 0 Å². The summed E-state index contributed by atoms with van der Waals surface area (Å²) in [6.45, 7) is 0. The van der Waals surface area contributed by atoms with Gasteiger partial charge in [0.05, 0.1) is 0 Å².